The third-order valence-electron chi connectivity index (χ3n) is 11.5. The number of hydrogen-bond donors (Lipinski definition) is 0. The second-order valence-electron chi connectivity index (χ2n) is 15.1. The average molecular weight is 831 g/mol. The van der Waals surface area contributed by atoms with E-state index in [9.17, 15) is 39.5 Å². The number of nitrogens with zero attached hydrogens (tertiary/aromatic N) is 8. The number of para-hydroxylation sites is 2. The third kappa shape index (κ3) is 6.24. The molecule has 0 spiro atoms. The molecular weight excluding hydrogens is 806 g/mol. The summed E-state index contributed by atoms with van der Waals surface area (Å²) in [6.07, 6.45) is -3.12. The number of pyridine rings is 1. The van der Waals surface area contributed by atoms with Gasteiger partial charge in [-0.25, -0.2) is 4.98 Å². The first kappa shape index (κ1) is 38.7. The molecule has 0 saturated heterocycles. The summed E-state index contributed by atoms with van der Waals surface area (Å²) in [6.45, 7) is 0. The van der Waals surface area contributed by atoms with Crippen LogP contribution in [-0.2, 0) is 6.18 Å². The normalized spacial score (nSPS) is 11.3. The second kappa shape index (κ2) is 14.9. The van der Waals surface area contributed by atoms with Crippen molar-refractivity contribution >= 4 is 43.6 Å². The van der Waals surface area contributed by atoms with E-state index in [-0.39, 0.29) is 11.1 Å². The molecule has 0 bridgehead atoms. The molecule has 0 fully saturated rings. The fourth-order valence-electron chi connectivity index (χ4n) is 8.68. The highest BCUT2D eigenvalue weighted by molar-refractivity contribution is 6.12. The minimum absolute atomic E-state index is 0.150. The number of hydrogen-bond acceptors (Lipinski definition) is 6. The van der Waals surface area contributed by atoms with Crippen LogP contribution in [0.3, 0.4) is 0 Å². The number of alkyl halides is 3. The van der Waals surface area contributed by atoms with Gasteiger partial charge < -0.3 is 4.57 Å². The van der Waals surface area contributed by atoms with E-state index in [4.69, 9.17) is 4.98 Å². The van der Waals surface area contributed by atoms with Crippen LogP contribution in [-0.4, -0.2) is 14.1 Å². The molecule has 0 aliphatic heterocycles. The van der Waals surface area contributed by atoms with E-state index in [1.54, 1.807) is 48.7 Å². The fourth-order valence-corrected chi connectivity index (χ4v) is 8.68. The van der Waals surface area contributed by atoms with Crippen molar-refractivity contribution in [3.8, 4) is 75.2 Å². The van der Waals surface area contributed by atoms with Gasteiger partial charge in [0.2, 0.25) is 0 Å². The van der Waals surface area contributed by atoms with Gasteiger partial charge in [0, 0.05) is 27.1 Å². The van der Waals surface area contributed by atoms with Crippen molar-refractivity contribution in [2.45, 2.75) is 6.18 Å². The monoisotopic (exact) mass is 830 g/mol. The first-order chi connectivity index (χ1) is 31.1. The zero-order valence-corrected chi connectivity index (χ0v) is 33.1. The van der Waals surface area contributed by atoms with E-state index in [0.717, 1.165) is 61.4 Å². The van der Waals surface area contributed by atoms with E-state index < -0.39 is 11.7 Å². The number of halogens is 3. The summed E-state index contributed by atoms with van der Waals surface area (Å²) < 4.78 is 47.6. The molecule has 0 N–H and O–H groups in total. The topological polar surface area (TPSA) is 142 Å². The van der Waals surface area contributed by atoms with Gasteiger partial charge in [0.1, 0.15) is 5.82 Å². The number of rotatable bonds is 5. The van der Waals surface area contributed by atoms with Crippen LogP contribution in [0.2, 0.25) is 0 Å². The molecule has 11 heteroatoms. The highest BCUT2D eigenvalue weighted by atomic mass is 19.4. The van der Waals surface area contributed by atoms with Gasteiger partial charge in [-0.15, -0.1) is 0 Å². The molecule has 3 aromatic heterocycles. The van der Waals surface area contributed by atoms with E-state index in [2.05, 4.69) is 24.3 Å². The molecule has 0 saturated carbocycles. The lowest BCUT2D eigenvalue weighted by Gasteiger charge is -2.18. The number of fused-ring (bicyclic) bond motifs is 6. The quantitative estimate of drug-likeness (QED) is 0.169. The van der Waals surface area contributed by atoms with Crippen molar-refractivity contribution < 1.29 is 13.2 Å². The van der Waals surface area contributed by atoms with Gasteiger partial charge in [-0.1, -0.05) is 60.7 Å². The summed E-state index contributed by atoms with van der Waals surface area (Å²) in [4.78, 5) is 5.04. The molecule has 0 aliphatic carbocycles. The lowest BCUT2D eigenvalue weighted by molar-refractivity contribution is -0.137. The second-order valence-corrected chi connectivity index (χ2v) is 15.1. The van der Waals surface area contributed by atoms with Crippen LogP contribution in [0.25, 0.3) is 88.5 Å². The maximum absolute atomic E-state index is 14.6. The Morgan fingerprint density at radius 1 is 0.422 bits per heavy atom. The maximum Gasteiger partial charge on any atom is 0.416 e. The predicted molar refractivity (Wildman–Crippen MR) is 238 cm³/mol. The molecule has 8 nitrogen and oxygen atoms in total. The van der Waals surface area contributed by atoms with Crippen molar-refractivity contribution in [3.05, 3.63) is 185 Å². The molecular formula is C53H25F3N8. The van der Waals surface area contributed by atoms with Crippen LogP contribution in [0.5, 0.6) is 0 Å². The lowest BCUT2D eigenvalue weighted by Crippen LogP contribution is -2.07. The Labute approximate surface area is 362 Å². The lowest BCUT2D eigenvalue weighted by atomic mass is 9.97. The third-order valence-corrected chi connectivity index (χ3v) is 11.5. The summed E-state index contributed by atoms with van der Waals surface area (Å²) in [5, 5.41) is 52.3. The average Bonchev–Trinajstić information content (AvgIpc) is 3.85. The molecule has 3 heterocycles. The predicted octanol–water partition coefficient (Wildman–Crippen LogP) is 12.7. The Balaban J connectivity index is 1.24. The summed E-state index contributed by atoms with van der Waals surface area (Å²) in [5.41, 5.74) is 7.00. The summed E-state index contributed by atoms with van der Waals surface area (Å²) in [5.74, 6) is 0.401. The molecule has 0 atom stereocenters. The molecule has 0 radical (unpaired) electrons. The van der Waals surface area contributed by atoms with Crippen LogP contribution in [0.1, 0.15) is 33.4 Å². The zero-order chi connectivity index (χ0) is 44.3. The largest absolute Gasteiger partial charge is 0.416 e. The first-order valence-corrected chi connectivity index (χ1v) is 19.7. The van der Waals surface area contributed by atoms with Crippen LogP contribution in [0.4, 0.5) is 13.2 Å². The highest BCUT2D eigenvalue weighted by Gasteiger charge is 2.32. The number of benzene rings is 7. The first-order valence-electron chi connectivity index (χ1n) is 19.7. The van der Waals surface area contributed by atoms with Crippen molar-refractivity contribution in [1.82, 2.24) is 14.1 Å². The van der Waals surface area contributed by atoms with Gasteiger partial charge in [0.05, 0.1) is 97.7 Å². The molecule has 298 valence electrons. The van der Waals surface area contributed by atoms with Crippen LogP contribution in [0.15, 0.2) is 152 Å². The van der Waals surface area contributed by atoms with Crippen molar-refractivity contribution in [2.24, 2.45) is 0 Å². The van der Waals surface area contributed by atoms with Crippen LogP contribution < -0.4 is 0 Å². The minimum Gasteiger partial charge on any atom is -0.307 e. The number of aromatic nitrogens is 3. The molecule has 0 unspecified atom stereocenters. The van der Waals surface area contributed by atoms with E-state index >= 15 is 0 Å². The van der Waals surface area contributed by atoms with Gasteiger partial charge in [-0.2, -0.15) is 39.5 Å². The number of nitriles is 5. The Morgan fingerprint density at radius 3 is 1.47 bits per heavy atom. The SMILES string of the molecule is N#Cc1cc(-c2cc(-n3c4ccccc4c4cc(-c5ccc(C#N)cc5C#N)ccc43)ncc2-n2c3ccccc3c3cc(-c4ccc(C#N)cc4C#N)ccc32)cc(C(F)(F)F)c1. The van der Waals surface area contributed by atoms with Crippen LogP contribution in [0, 0.1) is 56.7 Å². The van der Waals surface area contributed by atoms with E-state index in [0.29, 0.717) is 56.0 Å². The van der Waals surface area contributed by atoms with Gasteiger partial charge >= 0.3 is 6.18 Å². The Kier molecular flexibility index (Phi) is 9.02. The van der Waals surface area contributed by atoms with Gasteiger partial charge in [0.15, 0.2) is 0 Å². The van der Waals surface area contributed by atoms with Crippen molar-refractivity contribution in [3.63, 3.8) is 0 Å². The molecule has 10 rings (SSSR count). The van der Waals surface area contributed by atoms with Gasteiger partial charge in [0.25, 0.3) is 0 Å². The van der Waals surface area contributed by atoms with E-state index in [1.807, 2.05) is 100 Å². The molecule has 10 aromatic rings. The summed E-state index contributed by atoms with van der Waals surface area (Å²) in [6, 6.07) is 52.3. The minimum atomic E-state index is -4.75. The molecule has 7 aromatic carbocycles. The van der Waals surface area contributed by atoms with Gasteiger partial charge in [-0.05, 0) is 113 Å². The van der Waals surface area contributed by atoms with Crippen LogP contribution >= 0.6 is 0 Å². The standard InChI is InChI=1S/C53H25F3N8/c54-53(55,56)39-20-33(27-59)19-36(21-39)44-24-52(64-48-8-4-2-6-43(48)46-23-35(12-16-50(46)64)41-14-10-32(26-58)18-38(41)29-61)62-30-51(44)63-47-7-3-1-5-42(47)45-22-34(11-15-49(45)63)40-13-9-31(25-57)17-37(40)28-60/h1-24,30H. The Morgan fingerprint density at radius 2 is 0.938 bits per heavy atom. The Hall–Kier alpha value is -9.47. The summed E-state index contributed by atoms with van der Waals surface area (Å²) in [7, 11) is 0. The van der Waals surface area contributed by atoms with Gasteiger partial charge in [-0.3, -0.25) is 4.57 Å². The maximum atomic E-state index is 14.6. The smallest absolute Gasteiger partial charge is 0.307 e. The summed E-state index contributed by atoms with van der Waals surface area (Å²) >= 11 is 0. The fraction of sp³-hybridized carbons (Fsp3) is 0.0189. The molecule has 64 heavy (non-hydrogen) atoms. The van der Waals surface area contributed by atoms with Crippen molar-refractivity contribution in [2.75, 3.05) is 0 Å². The highest BCUT2D eigenvalue weighted by Crippen LogP contribution is 2.42. The van der Waals surface area contributed by atoms with E-state index in [1.165, 1.54) is 6.07 Å². The Bertz CT molecular complexity index is 3860. The molecule has 0 aliphatic rings. The zero-order valence-electron chi connectivity index (χ0n) is 33.1. The van der Waals surface area contributed by atoms with Crippen molar-refractivity contribution in [1.29, 1.82) is 26.3 Å². The molecule has 0 amide bonds.